The van der Waals surface area contributed by atoms with E-state index in [0.29, 0.717) is 42.6 Å². The van der Waals surface area contributed by atoms with E-state index in [1.54, 1.807) is 29.2 Å². The van der Waals surface area contributed by atoms with E-state index in [2.05, 4.69) is 30.9 Å². The van der Waals surface area contributed by atoms with Crippen LogP contribution in [0.2, 0.25) is 0 Å². The molecule has 0 saturated heterocycles. The minimum absolute atomic E-state index is 0.0843. The zero-order valence-electron chi connectivity index (χ0n) is 15.1. The Labute approximate surface area is 160 Å². The molecule has 0 saturated carbocycles. The lowest BCUT2D eigenvalue weighted by molar-refractivity contribution is -0.121. The van der Waals surface area contributed by atoms with E-state index in [9.17, 15) is 4.79 Å². The fraction of sp³-hybridized carbons (Fsp3) is 0.211. The predicted molar refractivity (Wildman–Crippen MR) is 101 cm³/mol. The molecule has 0 radical (unpaired) electrons. The third-order valence-corrected chi connectivity index (χ3v) is 4.14. The molecule has 142 valence electrons. The van der Waals surface area contributed by atoms with Gasteiger partial charge in [-0.2, -0.15) is 4.52 Å². The van der Waals surface area contributed by atoms with Crippen molar-refractivity contribution in [3.05, 3.63) is 72.2 Å². The number of pyridine rings is 1. The van der Waals surface area contributed by atoms with E-state index < -0.39 is 0 Å². The number of carbonyl (C=O) groups is 1. The van der Waals surface area contributed by atoms with E-state index >= 15 is 0 Å². The summed E-state index contributed by atoms with van der Waals surface area (Å²) in [6.45, 7) is 0.978. The van der Waals surface area contributed by atoms with Crippen LogP contribution in [0.15, 0.2) is 59.5 Å². The van der Waals surface area contributed by atoms with Crippen molar-refractivity contribution in [2.45, 2.75) is 25.9 Å². The van der Waals surface area contributed by atoms with E-state index in [1.807, 2.05) is 30.3 Å². The maximum Gasteiger partial charge on any atom is 0.220 e. The Morgan fingerprint density at radius 2 is 2.07 bits per heavy atom. The highest BCUT2D eigenvalue weighted by Crippen LogP contribution is 2.10. The highest BCUT2D eigenvalue weighted by Gasteiger charge is 2.10. The lowest BCUT2D eigenvalue weighted by Crippen LogP contribution is -2.23. The lowest BCUT2D eigenvalue weighted by atomic mass is 10.3. The molecule has 0 aliphatic carbocycles. The first-order valence-electron chi connectivity index (χ1n) is 8.91. The number of rotatable bonds is 8. The van der Waals surface area contributed by atoms with Crippen LogP contribution in [0.25, 0.3) is 5.65 Å². The van der Waals surface area contributed by atoms with Gasteiger partial charge in [0, 0.05) is 31.8 Å². The maximum atomic E-state index is 12.0. The SMILES string of the molecule is O=C(CCc1nnc2ccc(NCc3cccnc3)nn12)NCc1ccco1. The van der Waals surface area contributed by atoms with Crippen molar-refractivity contribution in [3.8, 4) is 0 Å². The van der Waals surface area contributed by atoms with Gasteiger partial charge in [-0.3, -0.25) is 9.78 Å². The molecule has 0 aromatic carbocycles. The standard InChI is InChI=1S/C19H19N7O2/c27-19(22-13-15-4-2-10-28-15)8-7-18-24-23-17-6-5-16(25-26(17)18)21-12-14-3-1-9-20-11-14/h1-6,9-11H,7-8,12-13H2,(H,21,25)(H,22,27). The first-order valence-corrected chi connectivity index (χ1v) is 8.91. The Morgan fingerprint density at radius 1 is 1.11 bits per heavy atom. The maximum absolute atomic E-state index is 12.0. The average molecular weight is 377 g/mol. The van der Waals surface area contributed by atoms with Gasteiger partial charge >= 0.3 is 0 Å². The second-order valence-corrected chi connectivity index (χ2v) is 6.18. The molecule has 4 heterocycles. The van der Waals surface area contributed by atoms with Gasteiger partial charge in [-0.1, -0.05) is 6.07 Å². The lowest BCUT2D eigenvalue weighted by Gasteiger charge is -2.06. The first-order chi connectivity index (χ1) is 13.8. The summed E-state index contributed by atoms with van der Waals surface area (Å²) in [5.41, 5.74) is 1.69. The minimum atomic E-state index is -0.0843. The molecule has 0 spiro atoms. The van der Waals surface area contributed by atoms with Gasteiger partial charge in [0.15, 0.2) is 11.5 Å². The Balaban J connectivity index is 1.36. The molecule has 4 aromatic heterocycles. The van der Waals surface area contributed by atoms with Crippen molar-refractivity contribution in [2.75, 3.05) is 5.32 Å². The van der Waals surface area contributed by atoms with Gasteiger partial charge in [0.05, 0.1) is 12.8 Å². The first kappa shape index (κ1) is 17.7. The van der Waals surface area contributed by atoms with Crippen molar-refractivity contribution >= 4 is 17.4 Å². The van der Waals surface area contributed by atoms with Gasteiger partial charge in [0.25, 0.3) is 0 Å². The molecule has 0 atom stereocenters. The molecule has 2 N–H and O–H groups in total. The molecule has 4 rings (SSSR count). The number of nitrogens with one attached hydrogen (secondary N) is 2. The van der Waals surface area contributed by atoms with Crippen molar-refractivity contribution in [2.24, 2.45) is 0 Å². The molecular formula is C19H19N7O2. The molecule has 1 amide bonds. The summed E-state index contributed by atoms with van der Waals surface area (Å²) in [5, 5.41) is 18.9. The summed E-state index contributed by atoms with van der Waals surface area (Å²) >= 11 is 0. The minimum Gasteiger partial charge on any atom is -0.467 e. The largest absolute Gasteiger partial charge is 0.467 e. The van der Waals surface area contributed by atoms with E-state index in [0.717, 1.165) is 5.56 Å². The Bertz CT molecular complexity index is 1040. The summed E-state index contributed by atoms with van der Waals surface area (Å²) in [6.07, 6.45) is 5.84. The third-order valence-electron chi connectivity index (χ3n) is 4.14. The van der Waals surface area contributed by atoms with Crippen molar-refractivity contribution in [1.29, 1.82) is 0 Å². The van der Waals surface area contributed by atoms with Crippen LogP contribution in [0.1, 0.15) is 23.6 Å². The second-order valence-electron chi connectivity index (χ2n) is 6.18. The topological polar surface area (TPSA) is 110 Å². The van der Waals surface area contributed by atoms with Crippen LogP contribution in [0, 0.1) is 0 Å². The molecule has 9 heteroatoms. The summed E-state index contributed by atoms with van der Waals surface area (Å²) in [6, 6.07) is 11.2. The number of furan rings is 1. The van der Waals surface area contributed by atoms with E-state index in [1.165, 1.54) is 0 Å². The Morgan fingerprint density at radius 3 is 2.89 bits per heavy atom. The Kier molecular flexibility index (Phi) is 5.23. The molecule has 0 bridgehead atoms. The summed E-state index contributed by atoms with van der Waals surface area (Å²) in [4.78, 5) is 16.1. The predicted octanol–water partition coefficient (Wildman–Crippen LogP) is 1.97. The van der Waals surface area contributed by atoms with Crippen LogP contribution in [-0.4, -0.2) is 30.7 Å². The van der Waals surface area contributed by atoms with Crippen LogP contribution >= 0.6 is 0 Å². The number of hydrogen-bond donors (Lipinski definition) is 2. The number of hydrogen-bond acceptors (Lipinski definition) is 7. The number of nitrogens with zero attached hydrogens (tertiary/aromatic N) is 5. The molecule has 0 unspecified atom stereocenters. The Hall–Kier alpha value is -3.75. The van der Waals surface area contributed by atoms with Crippen molar-refractivity contribution in [3.63, 3.8) is 0 Å². The highest BCUT2D eigenvalue weighted by atomic mass is 16.3. The molecule has 0 aliphatic rings. The average Bonchev–Trinajstić information content (AvgIpc) is 3.39. The van der Waals surface area contributed by atoms with Gasteiger partial charge in [-0.15, -0.1) is 15.3 Å². The number of anilines is 1. The summed E-state index contributed by atoms with van der Waals surface area (Å²) in [5.74, 6) is 1.96. The summed E-state index contributed by atoms with van der Waals surface area (Å²) in [7, 11) is 0. The number of aromatic nitrogens is 5. The van der Waals surface area contributed by atoms with Crippen LogP contribution in [-0.2, 0) is 24.3 Å². The van der Waals surface area contributed by atoms with Crippen LogP contribution < -0.4 is 10.6 Å². The number of fused-ring (bicyclic) bond motifs is 1. The van der Waals surface area contributed by atoms with Crippen LogP contribution in [0.4, 0.5) is 5.82 Å². The number of amides is 1. The third kappa shape index (κ3) is 4.32. The van der Waals surface area contributed by atoms with E-state index in [-0.39, 0.29) is 12.3 Å². The van der Waals surface area contributed by atoms with Gasteiger partial charge in [0.2, 0.25) is 5.91 Å². The number of carbonyl (C=O) groups excluding carboxylic acids is 1. The fourth-order valence-electron chi connectivity index (χ4n) is 2.69. The molecular weight excluding hydrogens is 358 g/mol. The van der Waals surface area contributed by atoms with Crippen molar-refractivity contribution < 1.29 is 9.21 Å². The van der Waals surface area contributed by atoms with E-state index in [4.69, 9.17) is 4.42 Å². The zero-order chi connectivity index (χ0) is 19.2. The van der Waals surface area contributed by atoms with Crippen LogP contribution in [0.5, 0.6) is 0 Å². The van der Waals surface area contributed by atoms with Gasteiger partial charge in [0.1, 0.15) is 11.6 Å². The molecule has 0 aliphatic heterocycles. The highest BCUT2D eigenvalue weighted by molar-refractivity contribution is 5.76. The number of aryl methyl sites for hydroxylation is 1. The van der Waals surface area contributed by atoms with Gasteiger partial charge < -0.3 is 15.1 Å². The van der Waals surface area contributed by atoms with Crippen molar-refractivity contribution in [1.82, 2.24) is 30.1 Å². The molecule has 28 heavy (non-hydrogen) atoms. The zero-order valence-corrected chi connectivity index (χ0v) is 15.1. The monoisotopic (exact) mass is 377 g/mol. The van der Waals surface area contributed by atoms with Crippen LogP contribution in [0.3, 0.4) is 0 Å². The molecule has 0 fully saturated rings. The smallest absolute Gasteiger partial charge is 0.220 e. The fourth-order valence-corrected chi connectivity index (χ4v) is 2.69. The molecule has 4 aromatic rings. The normalized spacial score (nSPS) is 10.9. The molecule has 9 nitrogen and oxygen atoms in total. The quantitative estimate of drug-likeness (QED) is 0.483. The van der Waals surface area contributed by atoms with Gasteiger partial charge in [-0.05, 0) is 35.9 Å². The second kappa shape index (κ2) is 8.30. The van der Waals surface area contributed by atoms with Gasteiger partial charge in [-0.25, -0.2) is 0 Å². The summed E-state index contributed by atoms with van der Waals surface area (Å²) < 4.78 is 6.86.